The van der Waals surface area contributed by atoms with Gasteiger partial charge >= 0.3 is 0 Å². The number of fused-ring (bicyclic) bond motifs is 1. The van der Waals surface area contributed by atoms with E-state index in [1.165, 1.54) is 11.1 Å². The number of ether oxygens (including phenoxy) is 1. The predicted octanol–water partition coefficient (Wildman–Crippen LogP) is 4.31. The van der Waals surface area contributed by atoms with Gasteiger partial charge in [-0.1, -0.05) is 23.4 Å². The Labute approximate surface area is 175 Å². The van der Waals surface area contributed by atoms with Crippen molar-refractivity contribution in [2.75, 3.05) is 13.2 Å². The Morgan fingerprint density at radius 3 is 2.97 bits per heavy atom. The van der Waals surface area contributed by atoms with Crippen molar-refractivity contribution in [3.63, 3.8) is 0 Å². The van der Waals surface area contributed by atoms with Crippen molar-refractivity contribution in [1.29, 1.82) is 0 Å². The van der Waals surface area contributed by atoms with E-state index in [4.69, 9.17) is 20.9 Å². The molecule has 1 atom stereocenters. The van der Waals surface area contributed by atoms with E-state index in [0.717, 1.165) is 18.4 Å². The number of aliphatic hydroxyl groups excluding tert-OH is 1. The van der Waals surface area contributed by atoms with Gasteiger partial charge in [-0.2, -0.15) is 4.98 Å². The molecule has 7 nitrogen and oxygen atoms in total. The maximum atomic E-state index is 9.09. The first-order chi connectivity index (χ1) is 14.6. The van der Waals surface area contributed by atoms with E-state index in [1.54, 1.807) is 12.1 Å². The molecule has 1 heterocycles. The SMILES string of the molecule is [C-]#[N+]c1cc(-c2nc(-c3cccc4c3CC[C@@H]4NCCO)no2)ccc1OC(C)C. The fourth-order valence-corrected chi connectivity index (χ4v) is 3.86. The summed E-state index contributed by atoms with van der Waals surface area (Å²) in [4.78, 5) is 8.16. The number of benzene rings is 2. The van der Waals surface area contributed by atoms with Gasteiger partial charge in [-0.05, 0) is 56.0 Å². The molecule has 30 heavy (non-hydrogen) atoms. The van der Waals surface area contributed by atoms with Crippen LogP contribution in [0.4, 0.5) is 5.69 Å². The molecule has 0 amide bonds. The van der Waals surface area contributed by atoms with Crippen molar-refractivity contribution in [2.45, 2.75) is 38.8 Å². The second kappa shape index (κ2) is 8.66. The maximum absolute atomic E-state index is 9.09. The Bertz CT molecular complexity index is 1080. The van der Waals surface area contributed by atoms with Crippen LogP contribution in [0.25, 0.3) is 27.7 Å². The van der Waals surface area contributed by atoms with E-state index < -0.39 is 0 Å². The lowest BCUT2D eigenvalue weighted by Crippen LogP contribution is -2.22. The number of nitrogens with one attached hydrogen (secondary N) is 1. The molecule has 2 aromatic carbocycles. The van der Waals surface area contributed by atoms with Gasteiger partial charge in [0.2, 0.25) is 11.5 Å². The molecule has 0 aliphatic heterocycles. The number of aromatic nitrogens is 2. The number of hydrogen-bond donors (Lipinski definition) is 2. The highest BCUT2D eigenvalue weighted by molar-refractivity contribution is 5.70. The van der Waals surface area contributed by atoms with Crippen LogP contribution in [0.15, 0.2) is 40.9 Å². The molecule has 0 radical (unpaired) electrons. The van der Waals surface area contributed by atoms with Crippen LogP contribution in [0.3, 0.4) is 0 Å². The lowest BCUT2D eigenvalue weighted by Gasteiger charge is -2.13. The van der Waals surface area contributed by atoms with Crippen molar-refractivity contribution in [3.8, 4) is 28.6 Å². The van der Waals surface area contributed by atoms with Crippen LogP contribution >= 0.6 is 0 Å². The standard InChI is InChI=1S/C23H24N4O3/c1-14(2)29-21-10-7-15(13-20(21)24-3)23-26-22(27-30-23)18-6-4-5-17-16(18)8-9-19(17)25-11-12-28/h4-7,10,13-14,19,25,28H,8-9,11-12H2,1-2H3/t19-/m0/s1. The summed E-state index contributed by atoms with van der Waals surface area (Å²) < 4.78 is 11.2. The van der Waals surface area contributed by atoms with Crippen LogP contribution in [0.2, 0.25) is 0 Å². The van der Waals surface area contributed by atoms with Gasteiger partial charge in [-0.15, -0.1) is 0 Å². The van der Waals surface area contributed by atoms with E-state index in [9.17, 15) is 0 Å². The second-order valence-corrected chi connectivity index (χ2v) is 7.53. The first-order valence-corrected chi connectivity index (χ1v) is 10.1. The average Bonchev–Trinajstić information content (AvgIpc) is 3.39. The largest absolute Gasteiger partial charge is 0.502 e. The first-order valence-electron chi connectivity index (χ1n) is 10.1. The van der Waals surface area contributed by atoms with E-state index in [2.05, 4.69) is 26.4 Å². The van der Waals surface area contributed by atoms with Crippen molar-refractivity contribution < 1.29 is 14.4 Å². The lowest BCUT2D eigenvalue weighted by molar-refractivity contribution is 0.244. The molecule has 1 aromatic heterocycles. The Hall–Kier alpha value is -3.21. The summed E-state index contributed by atoms with van der Waals surface area (Å²) in [6.07, 6.45) is 1.88. The molecule has 7 heteroatoms. The molecule has 0 spiro atoms. The molecule has 1 aliphatic carbocycles. The summed E-state index contributed by atoms with van der Waals surface area (Å²) in [6, 6.07) is 11.7. The Balaban J connectivity index is 1.63. The van der Waals surface area contributed by atoms with Gasteiger partial charge in [0.1, 0.15) is 5.75 Å². The Kier molecular flexibility index (Phi) is 5.79. The molecule has 1 aliphatic rings. The summed E-state index contributed by atoms with van der Waals surface area (Å²) in [5.74, 6) is 1.46. The first kappa shape index (κ1) is 20.1. The minimum absolute atomic E-state index is 0.0118. The molecule has 154 valence electrons. The van der Waals surface area contributed by atoms with Gasteiger partial charge < -0.3 is 19.7 Å². The van der Waals surface area contributed by atoms with Crippen LogP contribution in [0.5, 0.6) is 5.75 Å². The zero-order valence-corrected chi connectivity index (χ0v) is 17.1. The fourth-order valence-electron chi connectivity index (χ4n) is 3.86. The van der Waals surface area contributed by atoms with Crippen molar-refractivity contribution >= 4 is 5.69 Å². The normalized spacial score (nSPS) is 15.2. The zero-order valence-electron chi connectivity index (χ0n) is 17.1. The molecular weight excluding hydrogens is 380 g/mol. The molecule has 4 rings (SSSR count). The minimum Gasteiger partial charge on any atom is -0.502 e. The second-order valence-electron chi connectivity index (χ2n) is 7.53. The van der Waals surface area contributed by atoms with Crippen molar-refractivity contribution in [2.24, 2.45) is 0 Å². The van der Waals surface area contributed by atoms with Crippen molar-refractivity contribution in [3.05, 3.63) is 58.9 Å². The highest BCUT2D eigenvalue weighted by atomic mass is 16.5. The van der Waals surface area contributed by atoms with Gasteiger partial charge in [-0.25, -0.2) is 4.85 Å². The molecular formula is C23H24N4O3. The third kappa shape index (κ3) is 3.92. The maximum Gasteiger partial charge on any atom is 0.256 e. The molecule has 0 fully saturated rings. The van der Waals surface area contributed by atoms with Crippen LogP contribution < -0.4 is 10.1 Å². The third-order valence-electron chi connectivity index (χ3n) is 5.13. The lowest BCUT2D eigenvalue weighted by atomic mass is 10.0. The smallest absolute Gasteiger partial charge is 0.256 e. The van der Waals surface area contributed by atoms with Crippen LogP contribution in [-0.2, 0) is 6.42 Å². The molecule has 3 aromatic rings. The van der Waals surface area contributed by atoms with Crippen LogP contribution in [0, 0.1) is 6.57 Å². The van der Waals surface area contributed by atoms with Crippen LogP contribution in [0.1, 0.15) is 37.4 Å². The predicted molar refractivity (Wildman–Crippen MR) is 113 cm³/mol. The van der Waals surface area contributed by atoms with E-state index in [1.807, 2.05) is 32.0 Å². The van der Waals surface area contributed by atoms with Gasteiger partial charge in [-0.3, -0.25) is 0 Å². The minimum atomic E-state index is -0.0118. The Morgan fingerprint density at radius 1 is 1.33 bits per heavy atom. The number of hydrogen-bond acceptors (Lipinski definition) is 6. The zero-order chi connectivity index (χ0) is 21.1. The molecule has 0 bridgehead atoms. The van der Waals surface area contributed by atoms with Gasteiger partial charge in [0.15, 0.2) is 0 Å². The average molecular weight is 404 g/mol. The quantitative estimate of drug-likeness (QED) is 0.571. The summed E-state index contributed by atoms with van der Waals surface area (Å²) in [6.45, 7) is 12.0. The van der Waals surface area contributed by atoms with Crippen LogP contribution in [-0.4, -0.2) is 34.5 Å². The van der Waals surface area contributed by atoms with E-state index in [-0.39, 0.29) is 18.8 Å². The molecule has 0 saturated heterocycles. The fraction of sp³-hybridized carbons (Fsp3) is 0.348. The number of nitrogens with zero attached hydrogens (tertiary/aromatic N) is 3. The summed E-state index contributed by atoms with van der Waals surface area (Å²) in [5.41, 5.74) is 4.49. The van der Waals surface area contributed by atoms with Gasteiger partial charge in [0.25, 0.3) is 5.89 Å². The number of rotatable bonds is 7. The van der Waals surface area contributed by atoms with Gasteiger partial charge in [0.05, 0.1) is 19.3 Å². The number of aliphatic hydroxyl groups is 1. The summed E-state index contributed by atoms with van der Waals surface area (Å²) in [5, 5.41) is 16.7. The summed E-state index contributed by atoms with van der Waals surface area (Å²) in [7, 11) is 0. The van der Waals surface area contributed by atoms with E-state index in [0.29, 0.717) is 35.3 Å². The molecule has 0 saturated carbocycles. The molecule has 0 unspecified atom stereocenters. The highest BCUT2D eigenvalue weighted by Gasteiger charge is 2.26. The van der Waals surface area contributed by atoms with Crippen molar-refractivity contribution in [1.82, 2.24) is 15.5 Å². The topological polar surface area (TPSA) is 84.8 Å². The van der Waals surface area contributed by atoms with Gasteiger partial charge in [0, 0.05) is 23.7 Å². The Morgan fingerprint density at radius 2 is 2.20 bits per heavy atom. The highest BCUT2D eigenvalue weighted by Crippen LogP contribution is 2.38. The van der Waals surface area contributed by atoms with E-state index >= 15 is 0 Å². The summed E-state index contributed by atoms with van der Waals surface area (Å²) >= 11 is 0. The third-order valence-corrected chi connectivity index (χ3v) is 5.13. The molecule has 2 N–H and O–H groups in total. The monoisotopic (exact) mass is 404 g/mol.